The van der Waals surface area contributed by atoms with Crippen LogP contribution in [0.2, 0.25) is 5.02 Å². The second-order valence-electron chi connectivity index (χ2n) is 8.43. The first-order valence-corrected chi connectivity index (χ1v) is 14.4. The predicted octanol–water partition coefficient (Wildman–Crippen LogP) is 5.02. The van der Waals surface area contributed by atoms with Crippen LogP contribution in [0.1, 0.15) is 29.8 Å². The summed E-state index contributed by atoms with van der Waals surface area (Å²) < 4.78 is 39.3. The summed E-state index contributed by atoms with van der Waals surface area (Å²) in [6.07, 6.45) is 1.31. The number of rotatable bonds is 10. The van der Waals surface area contributed by atoms with Crippen molar-refractivity contribution in [2.75, 3.05) is 33.4 Å². The Morgan fingerprint density at radius 3 is 2.64 bits per heavy atom. The van der Waals surface area contributed by atoms with E-state index in [0.29, 0.717) is 29.5 Å². The first-order valence-electron chi connectivity index (χ1n) is 11.7. The van der Waals surface area contributed by atoms with E-state index >= 15 is 0 Å². The average molecular weight is 549 g/mol. The molecule has 7 nitrogen and oxygen atoms in total. The highest BCUT2D eigenvalue weighted by Gasteiger charge is 2.35. The van der Waals surface area contributed by atoms with Gasteiger partial charge >= 0.3 is 0 Å². The van der Waals surface area contributed by atoms with E-state index in [1.807, 2.05) is 36.6 Å². The van der Waals surface area contributed by atoms with Gasteiger partial charge in [0.25, 0.3) is 0 Å². The number of sulfonamides is 1. The van der Waals surface area contributed by atoms with E-state index in [9.17, 15) is 13.2 Å². The average Bonchev–Trinajstić information content (AvgIpc) is 3.36. The lowest BCUT2D eigenvalue weighted by Crippen LogP contribution is -2.48. The van der Waals surface area contributed by atoms with Crippen molar-refractivity contribution in [3.63, 3.8) is 0 Å². The Bertz CT molecular complexity index is 1290. The van der Waals surface area contributed by atoms with Gasteiger partial charge in [0.15, 0.2) is 0 Å². The van der Waals surface area contributed by atoms with Crippen LogP contribution in [0.3, 0.4) is 0 Å². The number of halogens is 1. The molecule has 1 unspecified atom stereocenters. The second kappa shape index (κ2) is 11.6. The van der Waals surface area contributed by atoms with Gasteiger partial charge in [-0.3, -0.25) is 4.79 Å². The van der Waals surface area contributed by atoms with Crippen LogP contribution in [0.25, 0.3) is 0 Å². The number of hydrogen-bond acceptors (Lipinski definition) is 6. The fourth-order valence-corrected chi connectivity index (χ4v) is 6.81. The molecule has 0 spiro atoms. The van der Waals surface area contributed by atoms with E-state index in [4.69, 9.17) is 21.1 Å². The molecule has 2 aromatic carbocycles. The normalized spacial score (nSPS) is 15.6. The number of hydrogen-bond donors (Lipinski definition) is 0. The fraction of sp³-hybridized carbons (Fsp3) is 0.346. The minimum atomic E-state index is -3.86. The van der Waals surface area contributed by atoms with Crippen LogP contribution in [-0.4, -0.2) is 56.9 Å². The Morgan fingerprint density at radius 2 is 1.92 bits per heavy atom. The molecule has 36 heavy (non-hydrogen) atoms. The lowest BCUT2D eigenvalue weighted by atomic mass is 10.0. The zero-order chi connectivity index (χ0) is 25.7. The van der Waals surface area contributed by atoms with Crippen LogP contribution in [0.4, 0.5) is 0 Å². The third-order valence-electron chi connectivity index (χ3n) is 6.10. The lowest BCUT2D eigenvalue weighted by Gasteiger charge is -2.37. The Hall–Kier alpha value is -2.59. The van der Waals surface area contributed by atoms with Crippen molar-refractivity contribution in [2.45, 2.75) is 30.7 Å². The highest BCUT2D eigenvalue weighted by Crippen LogP contribution is 2.34. The molecular formula is C26H29ClN2O5S2. The van der Waals surface area contributed by atoms with E-state index < -0.39 is 10.0 Å². The van der Waals surface area contributed by atoms with Crippen LogP contribution in [0.5, 0.6) is 11.5 Å². The van der Waals surface area contributed by atoms with Gasteiger partial charge in [0.1, 0.15) is 18.1 Å². The number of fused-ring (bicyclic) bond motifs is 1. The van der Waals surface area contributed by atoms with Crippen LogP contribution in [0.15, 0.2) is 64.9 Å². The van der Waals surface area contributed by atoms with Crippen LogP contribution in [-0.2, 0) is 21.2 Å². The third-order valence-corrected chi connectivity index (χ3v) is 9.21. The molecule has 1 aromatic heterocycles. The predicted molar refractivity (Wildman–Crippen MR) is 141 cm³/mol. The molecule has 1 atom stereocenters. The zero-order valence-electron chi connectivity index (χ0n) is 20.2. The van der Waals surface area contributed by atoms with Gasteiger partial charge in [-0.1, -0.05) is 24.6 Å². The van der Waals surface area contributed by atoms with E-state index in [1.54, 1.807) is 29.4 Å². The van der Waals surface area contributed by atoms with Gasteiger partial charge in [-0.2, -0.15) is 4.31 Å². The number of benzene rings is 2. The second-order valence-corrected chi connectivity index (χ2v) is 11.8. The Morgan fingerprint density at radius 1 is 1.17 bits per heavy atom. The van der Waals surface area contributed by atoms with Crippen molar-refractivity contribution in [1.82, 2.24) is 9.21 Å². The molecule has 1 aliphatic heterocycles. The minimum Gasteiger partial charge on any atom is -0.497 e. The summed E-state index contributed by atoms with van der Waals surface area (Å²) in [6.45, 7) is 2.63. The quantitative estimate of drug-likeness (QED) is 0.356. The Kier molecular flexibility index (Phi) is 8.56. The molecular weight excluding hydrogens is 520 g/mol. The number of methoxy groups -OCH3 is 1. The molecule has 10 heteroatoms. The molecule has 0 N–H and O–H groups in total. The van der Waals surface area contributed by atoms with Crippen LogP contribution >= 0.6 is 22.9 Å². The molecule has 1 amide bonds. The maximum atomic E-state index is 13.6. The SMILES string of the molecule is CCCN(CC(=O)N1CCc2sccc2C1COc1cccc(OC)c1)S(=O)(=O)c1ccc(Cl)cc1. The molecule has 0 saturated carbocycles. The standard InChI is InChI=1S/C26H29ClN2O5S2/c1-3-13-28(36(31,32)22-9-7-19(27)8-10-22)17-26(30)29-14-11-25-23(12-15-35-25)24(29)18-34-21-6-4-5-20(16-21)33-2/h4-10,12,15-16,24H,3,11,13-14,17-18H2,1-2H3. The summed E-state index contributed by atoms with van der Waals surface area (Å²) in [4.78, 5) is 16.7. The van der Waals surface area contributed by atoms with E-state index in [0.717, 1.165) is 12.0 Å². The number of amides is 1. The molecule has 3 aromatic rings. The number of thiophene rings is 1. The summed E-state index contributed by atoms with van der Waals surface area (Å²) in [5.74, 6) is 1.07. The van der Waals surface area contributed by atoms with Crippen molar-refractivity contribution < 1.29 is 22.7 Å². The molecule has 192 valence electrons. The first kappa shape index (κ1) is 26.5. The number of ether oxygens (including phenoxy) is 2. The molecule has 4 rings (SSSR count). The summed E-state index contributed by atoms with van der Waals surface area (Å²) in [7, 11) is -2.26. The minimum absolute atomic E-state index is 0.116. The fourth-order valence-electron chi connectivity index (χ4n) is 4.27. The van der Waals surface area contributed by atoms with Gasteiger partial charge in [0.2, 0.25) is 15.9 Å². The molecule has 0 fully saturated rings. The maximum absolute atomic E-state index is 13.6. The zero-order valence-corrected chi connectivity index (χ0v) is 22.6. The van der Waals surface area contributed by atoms with Crippen molar-refractivity contribution >= 4 is 38.9 Å². The smallest absolute Gasteiger partial charge is 0.243 e. The summed E-state index contributed by atoms with van der Waals surface area (Å²) in [5.41, 5.74) is 1.05. The van der Waals surface area contributed by atoms with Crippen molar-refractivity contribution in [3.05, 3.63) is 75.4 Å². The number of carbonyl (C=O) groups is 1. The van der Waals surface area contributed by atoms with E-state index in [-0.39, 0.29) is 36.5 Å². The van der Waals surface area contributed by atoms with Gasteiger partial charge in [0.05, 0.1) is 24.6 Å². The first-order chi connectivity index (χ1) is 17.3. The van der Waals surface area contributed by atoms with Crippen molar-refractivity contribution in [2.24, 2.45) is 0 Å². The summed E-state index contributed by atoms with van der Waals surface area (Å²) in [6, 6.07) is 15.0. The van der Waals surface area contributed by atoms with E-state index in [2.05, 4.69) is 0 Å². The molecule has 2 heterocycles. The van der Waals surface area contributed by atoms with Gasteiger partial charge in [0, 0.05) is 29.1 Å². The van der Waals surface area contributed by atoms with Crippen LogP contribution in [0, 0.1) is 0 Å². The van der Waals surface area contributed by atoms with Crippen molar-refractivity contribution in [3.8, 4) is 11.5 Å². The molecule has 0 bridgehead atoms. The van der Waals surface area contributed by atoms with Gasteiger partial charge < -0.3 is 14.4 Å². The Labute approximate surface area is 221 Å². The van der Waals surface area contributed by atoms with Gasteiger partial charge in [-0.15, -0.1) is 11.3 Å². The molecule has 0 saturated heterocycles. The highest BCUT2D eigenvalue weighted by atomic mass is 35.5. The van der Waals surface area contributed by atoms with Crippen molar-refractivity contribution in [1.29, 1.82) is 0 Å². The Balaban J connectivity index is 1.55. The maximum Gasteiger partial charge on any atom is 0.243 e. The van der Waals surface area contributed by atoms with Gasteiger partial charge in [-0.05, 0) is 66.2 Å². The topological polar surface area (TPSA) is 76.2 Å². The molecule has 0 aliphatic carbocycles. The summed E-state index contributed by atoms with van der Waals surface area (Å²) in [5, 5.41) is 2.47. The third kappa shape index (κ3) is 5.86. The van der Waals surface area contributed by atoms with Crippen LogP contribution < -0.4 is 9.47 Å². The van der Waals surface area contributed by atoms with E-state index in [1.165, 1.54) is 33.4 Å². The van der Waals surface area contributed by atoms with Gasteiger partial charge in [-0.25, -0.2) is 8.42 Å². The number of nitrogens with zero attached hydrogens (tertiary/aromatic N) is 2. The molecule has 0 radical (unpaired) electrons. The summed E-state index contributed by atoms with van der Waals surface area (Å²) >= 11 is 7.60. The lowest BCUT2D eigenvalue weighted by molar-refractivity contribution is -0.135. The monoisotopic (exact) mass is 548 g/mol. The largest absolute Gasteiger partial charge is 0.497 e. The highest BCUT2D eigenvalue weighted by molar-refractivity contribution is 7.89. The number of carbonyl (C=O) groups excluding carboxylic acids is 1. The molecule has 1 aliphatic rings.